The molecular formula is C14H21N3O. The van der Waals surface area contributed by atoms with E-state index in [-0.39, 0.29) is 11.9 Å². The molecule has 1 aromatic rings. The van der Waals surface area contributed by atoms with Crippen molar-refractivity contribution < 1.29 is 4.79 Å². The summed E-state index contributed by atoms with van der Waals surface area (Å²) in [4.78, 5) is 14.9. The molecule has 0 spiro atoms. The Morgan fingerprint density at radius 1 is 1.28 bits per heavy atom. The van der Waals surface area contributed by atoms with E-state index in [1.807, 2.05) is 19.2 Å². The predicted octanol–water partition coefficient (Wildman–Crippen LogP) is 2.38. The monoisotopic (exact) mass is 247 g/mol. The van der Waals surface area contributed by atoms with Gasteiger partial charge >= 0.3 is 0 Å². The predicted molar refractivity (Wildman–Crippen MR) is 69.1 cm³/mol. The summed E-state index contributed by atoms with van der Waals surface area (Å²) in [6.07, 6.45) is 10.9. The highest BCUT2D eigenvalue weighted by molar-refractivity contribution is 5.81. The molecule has 2 aliphatic rings. The van der Waals surface area contributed by atoms with Crippen LogP contribution < -0.4 is 0 Å². The smallest absolute Gasteiger partial charge is 0.247 e. The lowest BCUT2D eigenvalue weighted by Gasteiger charge is -2.31. The lowest BCUT2D eigenvalue weighted by Crippen LogP contribution is -2.44. The summed E-state index contributed by atoms with van der Waals surface area (Å²) in [5.41, 5.74) is 0. The van der Waals surface area contributed by atoms with Gasteiger partial charge in [0, 0.05) is 24.5 Å². The molecule has 1 heterocycles. The highest BCUT2D eigenvalue weighted by atomic mass is 16.2. The summed E-state index contributed by atoms with van der Waals surface area (Å²) in [5, 5.41) is 4.20. The maximum atomic E-state index is 12.7. The van der Waals surface area contributed by atoms with E-state index in [9.17, 15) is 4.79 Å². The van der Waals surface area contributed by atoms with Gasteiger partial charge in [-0.05, 0) is 38.7 Å². The van der Waals surface area contributed by atoms with Crippen LogP contribution in [0.5, 0.6) is 0 Å². The van der Waals surface area contributed by atoms with Gasteiger partial charge in [0.05, 0.1) is 0 Å². The lowest BCUT2D eigenvalue weighted by molar-refractivity contribution is -0.137. The number of carbonyl (C=O) groups is 1. The molecule has 18 heavy (non-hydrogen) atoms. The van der Waals surface area contributed by atoms with Crippen molar-refractivity contribution >= 4 is 5.91 Å². The Bertz CT molecular complexity index is 405. The van der Waals surface area contributed by atoms with E-state index in [0.717, 1.165) is 0 Å². The number of hydrogen-bond donors (Lipinski definition) is 0. The van der Waals surface area contributed by atoms with Crippen LogP contribution in [-0.4, -0.2) is 32.7 Å². The fraction of sp³-hybridized carbons (Fsp3) is 0.714. The topological polar surface area (TPSA) is 38.1 Å². The Balaban J connectivity index is 1.75. The van der Waals surface area contributed by atoms with Crippen LogP contribution in [0.1, 0.15) is 51.5 Å². The highest BCUT2D eigenvalue weighted by Crippen LogP contribution is 2.35. The van der Waals surface area contributed by atoms with Gasteiger partial charge in [0.25, 0.3) is 0 Å². The summed E-state index contributed by atoms with van der Waals surface area (Å²) >= 11 is 0. The van der Waals surface area contributed by atoms with Gasteiger partial charge in [0.1, 0.15) is 6.04 Å². The van der Waals surface area contributed by atoms with Crippen LogP contribution in [0.15, 0.2) is 18.5 Å². The average Bonchev–Trinajstić information content (AvgIpc) is 2.87. The van der Waals surface area contributed by atoms with E-state index >= 15 is 0 Å². The van der Waals surface area contributed by atoms with Crippen molar-refractivity contribution in [3.05, 3.63) is 18.5 Å². The van der Waals surface area contributed by atoms with Crippen molar-refractivity contribution in [3.8, 4) is 0 Å². The molecule has 2 saturated carbocycles. The molecule has 4 heteroatoms. The SMILES string of the molecule is CC(C(=O)N(C1CCCC1)C1CC1)n1cccn1. The van der Waals surface area contributed by atoms with Crippen LogP contribution >= 0.6 is 0 Å². The van der Waals surface area contributed by atoms with Crippen molar-refractivity contribution in [2.24, 2.45) is 0 Å². The Morgan fingerprint density at radius 2 is 1.94 bits per heavy atom. The number of nitrogens with zero attached hydrogens (tertiary/aromatic N) is 3. The van der Waals surface area contributed by atoms with Crippen molar-refractivity contribution in [3.63, 3.8) is 0 Å². The molecule has 3 rings (SSSR count). The van der Waals surface area contributed by atoms with E-state index < -0.39 is 0 Å². The molecule has 2 fully saturated rings. The second kappa shape index (κ2) is 4.75. The summed E-state index contributed by atoms with van der Waals surface area (Å²) in [5.74, 6) is 0.258. The third-order valence-corrected chi connectivity index (χ3v) is 4.19. The summed E-state index contributed by atoms with van der Waals surface area (Å²) in [7, 11) is 0. The second-order valence-electron chi connectivity index (χ2n) is 5.58. The minimum Gasteiger partial charge on any atom is -0.335 e. The first-order valence-electron chi connectivity index (χ1n) is 7.08. The highest BCUT2D eigenvalue weighted by Gasteiger charge is 2.40. The zero-order valence-electron chi connectivity index (χ0n) is 11.0. The number of aromatic nitrogens is 2. The number of carbonyl (C=O) groups excluding carboxylic acids is 1. The Hall–Kier alpha value is -1.32. The van der Waals surface area contributed by atoms with Gasteiger partial charge in [0.15, 0.2) is 0 Å². The Kier molecular flexibility index (Phi) is 3.10. The maximum absolute atomic E-state index is 12.7. The standard InChI is InChI=1S/C14H21N3O/c1-11(16-10-4-9-15-16)14(18)17(13-7-8-13)12-5-2-3-6-12/h4,9-13H,2-3,5-8H2,1H3. The Morgan fingerprint density at radius 3 is 2.50 bits per heavy atom. The van der Waals surface area contributed by atoms with Crippen LogP contribution in [0.4, 0.5) is 0 Å². The van der Waals surface area contributed by atoms with Gasteiger partial charge in [-0.2, -0.15) is 5.10 Å². The maximum Gasteiger partial charge on any atom is 0.247 e. The third-order valence-electron chi connectivity index (χ3n) is 4.19. The first kappa shape index (κ1) is 11.8. The second-order valence-corrected chi connectivity index (χ2v) is 5.58. The number of rotatable bonds is 4. The van der Waals surface area contributed by atoms with E-state index in [2.05, 4.69) is 10.00 Å². The van der Waals surface area contributed by atoms with Gasteiger partial charge in [-0.3, -0.25) is 9.48 Å². The van der Waals surface area contributed by atoms with E-state index in [1.165, 1.54) is 38.5 Å². The van der Waals surface area contributed by atoms with Gasteiger partial charge < -0.3 is 4.90 Å². The van der Waals surface area contributed by atoms with Gasteiger partial charge in [-0.25, -0.2) is 0 Å². The minimum atomic E-state index is -0.166. The molecule has 0 bridgehead atoms. The van der Waals surface area contributed by atoms with Crippen molar-refractivity contribution in [2.75, 3.05) is 0 Å². The third kappa shape index (κ3) is 2.16. The summed E-state index contributed by atoms with van der Waals surface area (Å²) in [6.45, 7) is 1.96. The normalized spacial score (nSPS) is 22.1. The van der Waals surface area contributed by atoms with Gasteiger partial charge in [0.2, 0.25) is 5.91 Å². The summed E-state index contributed by atoms with van der Waals surface area (Å²) in [6, 6.07) is 2.71. The van der Waals surface area contributed by atoms with Crippen molar-refractivity contribution in [2.45, 2.75) is 63.6 Å². The van der Waals surface area contributed by atoms with Crippen molar-refractivity contribution in [1.29, 1.82) is 0 Å². The first-order chi connectivity index (χ1) is 8.77. The van der Waals surface area contributed by atoms with E-state index in [1.54, 1.807) is 10.9 Å². The zero-order valence-corrected chi connectivity index (χ0v) is 11.0. The molecule has 0 aromatic carbocycles. The van der Waals surface area contributed by atoms with Gasteiger partial charge in [-0.1, -0.05) is 12.8 Å². The lowest BCUT2D eigenvalue weighted by atomic mass is 10.1. The fourth-order valence-electron chi connectivity index (χ4n) is 3.03. The number of amides is 1. The molecule has 0 saturated heterocycles. The van der Waals surface area contributed by atoms with Crippen LogP contribution in [0.2, 0.25) is 0 Å². The quantitative estimate of drug-likeness (QED) is 0.819. The minimum absolute atomic E-state index is 0.166. The van der Waals surface area contributed by atoms with Crippen LogP contribution in [0, 0.1) is 0 Å². The van der Waals surface area contributed by atoms with E-state index in [0.29, 0.717) is 12.1 Å². The van der Waals surface area contributed by atoms with Gasteiger partial charge in [-0.15, -0.1) is 0 Å². The molecule has 1 aromatic heterocycles. The molecule has 1 unspecified atom stereocenters. The summed E-state index contributed by atoms with van der Waals surface area (Å²) < 4.78 is 1.77. The molecule has 0 aliphatic heterocycles. The molecule has 1 atom stereocenters. The fourth-order valence-corrected chi connectivity index (χ4v) is 3.03. The van der Waals surface area contributed by atoms with E-state index in [4.69, 9.17) is 0 Å². The van der Waals surface area contributed by atoms with Crippen LogP contribution in [0.3, 0.4) is 0 Å². The van der Waals surface area contributed by atoms with Crippen LogP contribution in [0.25, 0.3) is 0 Å². The zero-order chi connectivity index (χ0) is 12.5. The molecule has 1 amide bonds. The van der Waals surface area contributed by atoms with Crippen molar-refractivity contribution in [1.82, 2.24) is 14.7 Å². The molecular weight excluding hydrogens is 226 g/mol. The molecule has 0 radical (unpaired) electrons. The molecule has 0 N–H and O–H groups in total. The average molecular weight is 247 g/mol. The largest absolute Gasteiger partial charge is 0.335 e. The number of hydrogen-bond acceptors (Lipinski definition) is 2. The molecule has 2 aliphatic carbocycles. The molecule has 4 nitrogen and oxygen atoms in total. The molecule has 98 valence electrons. The Labute approximate surface area is 108 Å². The van der Waals surface area contributed by atoms with Crippen LogP contribution in [-0.2, 0) is 4.79 Å². The first-order valence-corrected chi connectivity index (χ1v) is 7.08.